The number of methoxy groups -OCH3 is 1. The fourth-order valence-corrected chi connectivity index (χ4v) is 2.89. The van der Waals surface area contributed by atoms with Crippen LogP contribution < -0.4 is 10.3 Å². The maximum atomic E-state index is 13.7. The fraction of sp³-hybridized carbons (Fsp3) is 0.375. The molecule has 0 bridgehead atoms. The zero-order valence-electron chi connectivity index (χ0n) is 13.0. The van der Waals surface area contributed by atoms with Crippen LogP contribution in [0.1, 0.15) is 22.6 Å². The quantitative estimate of drug-likeness (QED) is 0.896. The molecule has 1 aliphatic rings. The number of hydrogen-bond donors (Lipinski definition) is 2. The first-order chi connectivity index (χ1) is 11.0. The number of ether oxygens (including phenoxy) is 1. The number of H-pyrrole nitrogens is 1. The third-order valence-electron chi connectivity index (χ3n) is 3.99. The molecule has 0 amide bonds. The molecular formula is C16H18FN3O3. The summed E-state index contributed by atoms with van der Waals surface area (Å²) in [6.45, 7) is 3.46. The van der Waals surface area contributed by atoms with Crippen molar-refractivity contribution in [1.29, 1.82) is 0 Å². The Morgan fingerprint density at radius 3 is 3.00 bits per heavy atom. The number of fused-ring (bicyclic) bond motifs is 1. The van der Waals surface area contributed by atoms with Gasteiger partial charge in [-0.25, -0.2) is 9.37 Å². The van der Waals surface area contributed by atoms with Crippen LogP contribution in [0.5, 0.6) is 11.5 Å². The molecule has 0 saturated heterocycles. The molecule has 1 aromatic heterocycles. The van der Waals surface area contributed by atoms with Crippen LogP contribution in [0.2, 0.25) is 0 Å². The van der Waals surface area contributed by atoms with Crippen molar-refractivity contribution < 1.29 is 14.2 Å². The molecule has 0 fully saturated rings. The van der Waals surface area contributed by atoms with Gasteiger partial charge in [0.15, 0.2) is 17.3 Å². The predicted molar refractivity (Wildman–Crippen MR) is 82.0 cm³/mol. The number of benzene rings is 1. The molecule has 0 aliphatic carbocycles. The van der Waals surface area contributed by atoms with Crippen LogP contribution in [0, 0.1) is 12.7 Å². The third-order valence-corrected chi connectivity index (χ3v) is 3.99. The SMILES string of the molecule is COc1cc(CN2CCc3c(nc(C)[nH]c3=O)C2)cc(F)c1O. The van der Waals surface area contributed by atoms with Crippen molar-refractivity contribution in [2.24, 2.45) is 0 Å². The van der Waals surface area contributed by atoms with E-state index in [1.807, 2.05) is 0 Å². The van der Waals surface area contributed by atoms with E-state index in [0.29, 0.717) is 37.4 Å². The van der Waals surface area contributed by atoms with E-state index in [9.17, 15) is 14.3 Å². The van der Waals surface area contributed by atoms with Crippen molar-refractivity contribution in [2.75, 3.05) is 13.7 Å². The van der Waals surface area contributed by atoms with Gasteiger partial charge in [0.25, 0.3) is 5.56 Å². The van der Waals surface area contributed by atoms with Crippen LogP contribution in [-0.2, 0) is 19.5 Å². The van der Waals surface area contributed by atoms with Gasteiger partial charge in [-0.1, -0.05) is 0 Å². The van der Waals surface area contributed by atoms with Gasteiger partial charge in [-0.05, 0) is 31.0 Å². The minimum atomic E-state index is -0.706. The maximum absolute atomic E-state index is 13.7. The molecule has 0 atom stereocenters. The Bertz CT molecular complexity index is 804. The highest BCUT2D eigenvalue weighted by molar-refractivity contribution is 5.43. The highest BCUT2D eigenvalue weighted by Gasteiger charge is 2.21. The molecule has 122 valence electrons. The summed E-state index contributed by atoms with van der Waals surface area (Å²) < 4.78 is 18.7. The molecule has 1 aliphatic heterocycles. The van der Waals surface area contributed by atoms with Crippen molar-refractivity contribution in [1.82, 2.24) is 14.9 Å². The molecule has 2 aromatic rings. The lowest BCUT2D eigenvalue weighted by atomic mass is 10.1. The minimum absolute atomic E-state index is 0.0792. The van der Waals surface area contributed by atoms with Crippen molar-refractivity contribution in [3.63, 3.8) is 0 Å². The van der Waals surface area contributed by atoms with Gasteiger partial charge in [0.05, 0.1) is 12.8 Å². The Hall–Kier alpha value is -2.41. The fourth-order valence-electron chi connectivity index (χ4n) is 2.89. The van der Waals surface area contributed by atoms with Crippen LogP contribution in [0.4, 0.5) is 4.39 Å². The van der Waals surface area contributed by atoms with E-state index in [1.165, 1.54) is 13.2 Å². The summed E-state index contributed by atoms with van der Waals surface area (Å²) in [7, 11) is 1.38. The van der Waals surface area contributed by atoms with Gasteiger partial charge in [0, 0.05) is 25.2 Å². The molecule has 7 heteroatoms. The van der Waals surface area contributed by atoms with Gasteiger partial charge in [0.1, 0.15) is 5.82 Å². The Kier molecular flexibility index (Phi) is 4.04. The number of rotatable bonds is 3. The summed E-state index contributed by atoms with van der Waals surface area (Å²) in [5, 5.41) is 9.56. The number of nitrogens with zero attached hydrogens (tertiary/aromatic N) is 2. The molecule has 0 saturated carbocycles. The summed E-state index contributed by atoms with van der Waals surface area (Å²) in [5.74, 6) is -0.484. The second-order valence-electron chi connectivity index (χ2n) is 5.67. The first kappa shape index (κ1) is 15.5. The Labute approximate surface area is 132 Å². The summed E-state index contributed by atoms with van der Waals surface area (Å²) >= 11 is 0. The molecule has 23 heavy (non-hydrogen) atoms. The third kappa shape index (κ3) is 3.05. The average Bonchev–Trinajstić information content (AvgIpc) is 2.50. The lowest BCUT2D eigenvalue weighted by molar-refractivity contribution is 0.239. The molecule has 2 heterocycles. The number of aromatic amines is 1. The number of aromatic hydroxyl groups is 1. The number of hydrogen-bond acceptors (Lipinski definition) is 5. The number of aromatic nitrogens is 2. The second-order valence-corrected chi connectivity index (χ2v) is 5.67. The molecule has 2 N–H and O–H groups in total. The van der Waals surface area contributed by atoms with E-state index in [4.69, 9.17) is 4.74 Å². The Morgan fingerprint density at radius 2 is 2.26 bits per heavy atom. The average molecular weight is 319 g/mol. The molecule has 6 nitrogen and oxygen atoms in total. The van der Waals surface area contributed by atoms with Gasteiger partial charge in [-0.3, -0.25) is 9.69 Å². The lowest BCUT2D eigenvalue weighted by Gasteiger charge is -2.27. The van der Waals surface area contributed by atoms with Crippen molar-refractivity contribution in [3.05, 3.63) is 50.9 Å². The van der Waals surface area contributed by atoms with Crippen molar-refractivity contribution in [3.8, 4) is 11.5 Å². The van der Waals surface area contributed by atoms with Crippen LogP contribution >= 0.6 is 0 Å². The largest absolute Gasteiger partial charge is 0.502 e. The van der Waals surface area contributed by atoms with Crippen molar-refractivity contribution >= 4 is 0 Å². The van der Waals surface area contributed by atoms with E-state index >= 15 is 0 Å². The van der Waals surface area contributed by atoms with Gasteiger partial charge in [-0.15, -0.1) is 0 Å². The molecule has 0 radical (unpaired) electrons. The Balaban J connectivity index is 1.83. The standard InChI is InChI=1S/C16H18FN3O3/c1-9-18-13-8-20(4-3-11(13)16(22)19-9)7-10-5-12(17)15(21)14(6-10)23-2/h5-6,21H,3-4,7-8H2,1-2H3,(H,18,19,22). The molecule has 1 aromatic carbocycles. The molecule has 0 spiro atoms. The summed E-state index contributed by atoms with van der Waals surface area (Å²) in [6, 6.07) is 2.91. The first-order valence-corrected chi connectivity index (χ1v) is 7.34. The smallest absolute Gasteiger partial charge is 0.254 e. The zero-order chi connectivity index (χ0) is 16.6. The Morgan fingerprint density at radius 1 is 1.48 bits per heavy atom. The number of aryl methyl sites for hydroxylation is 1. The van der Waals surface area contributed by atoms with Crippen LogP contribution in [-0.4, -0.2) is 33.6 Å². The number of halogens is 1. The highest BCUT2D eigenvalue weighted by atomic mass is 19.1. The predicted octanol–water partition coefficient (Wildman–Crippen LogP) is 1.49. The van der Waals surface area contributed by atoms with E-state index in [-0.39, 0.29) is 11.3 Å². The van der Waals surface area contributed by atoms with E-state index < -0.39 is 11.6 Å². The summed E-state index contributed by atoms with van der Waals surface area (Å²) in [5.41, 5.74) is 2.11. The second kappa shape index (κ2) is 6.00. The highest BCUT2D eigenvalue weighted by Crippen LogP contribution is 2.31. The van der Waals surface area contributed by atoms with E-state index in [1.54, 1.807) is 13.0 Å². The lowest BCUT2D eigenvalue weighted by Crippen LogP contribution is -2.35. The van der Waals surface area contributed by atoms with E-state index in [2.05, 4.69) is 14.9 Å². The monoisotopic (exact) mass is 319 g/mol. The number of phenolic OH excluding ortho intramolecular Hbond substituents is 1. The number of phenols is 1. The summed E-state index contributed by atoms with van der Waals surface area (Å²) in [6.07, 6.45) is 0.607. The number of nitrogens with one attached hydrogen (secondary N) is 1. The van der Waals surface area contributed by atoms with E-state index in [0.717, 1.165) is 11.3 Å². The topological polar surface area (TPSA) is 78.5 Å². The maximum Gasteiger partial charge on any atom is 0.254 e. The van der Waals surface area contributed by atoms with Crippen LogP contribution in [0.3, 0.4) is 0 Å². The van der Waals surface area contributed by atoms with Gasteiger partial charge in [0.2, 0.25) is 0 Å². The van der Waals surface area contributed by atoms with Crippen LogP contribution in [0.15, 0.2) is 16.9 Å². The summed E-state index contributed by atoms with van der Waals surface area (Å²) in [4.78, 5) is 21.1. The van der Waals surface area contributed by atoms with Gasteiger partial charge >= 0.3 is 0 Å². The normalized spacial score (nSPS) is 14.6. The minimum Gasteiger partial charge on any atom is -0.502 e. The first-order valence-electron chi connectivity index (χ1n) is 7.34. The zero-order valence-corrected chi connectivity index (χ0v) is 13.0. The van der Waals surface area contributed by atoms with Gasteiger partial charge < -0.3 is 14.8 Å². The van der Waals surface area contributed by atoms with Gasteiger partial charge in [-0.2, -0.15) is 0 Å². The molecular weight excluding hydrogens is 301 g/mol. The molecule has 0 unspecified atom stereocenters. The molecule has 3 rings (SSSR count). The van der Waals surface area contributed by atoms with Crippen LogP contribution in [0.25, 0.3) is 0 Å². The van der Waals surface area contributed by atoms with Crippen molar-refractivity contribution in [2.45, 2.75) is 26.4 Å².